The van der Waals surface area contributed by atoms with Crippen LogP contribution < -0.4 is 14.8 Å². The Morgan fingerprint density at radius 1 is 1.23 bits per heavy atom. The van der Waals surface area contributed by atoms with Crippen molar-refractivity contribution in [2.75, 3.05) is 11.9 Å². The molecule has 2 aromatic carbocycles. The van der Waals surface area contributed by atoms with Gasteiger partial charge in [0.05, 0.1) is 22.9 Å². The van der Waals surface area contributed by atoms with Crippen LogP contribution in [-0.2, 0) is 4.79 Å². The van der Waals surface area contributed by atoms with E-state index < -0.39 is 12.0 Å². The molecule has 1 atom stereocenters. The molecule has 1 N–H and O–H groups in total. The standard InChI is InChI=1S/C19H19Cl2NO4/c1-3-8-25-15-6-4-13(11-23)18(10-15)26-12(2)19(24)22-17-9-14(20)5-7-16(17)21/h4-7,9-12H,3,8H2,1-2H3,(H,22,24)/t12-/m1/s1. The first-order chi connectivity index (χ1) is 12.4. The molecule has 0 aliphatic heterocycles. The van der Waals surface area contributed by atoms with E-state index >= 15 is 0 Å². The lowest BCUT2D eigenvalue weighted by Gasteiger charge is -2.17. The van der Waals surface area contributed by atoms with Gasteiger partial charge >= 0.3 is 0 Å². The summed E-state index contributed by atoms with van der Waals surface area (Å²) in [5.41, 5.74) is 0.713. The SMILES string of the molecule is CCCOc1ccc(C=O)c(O[C@H](C)C(=O)Nc2cc(Cl)ccc2Cl)c1. The third-order valence-corrected chi connectivity index (χ3v) is 4.01. The van der Waals surface area contributed by atoms with E-state index in [1.54, 1.807) is 43.3 Å². The molecular weight excluding hydrogens is 377 g/mol. The second kappa shape index (κ2) is 9.46. The third-order valence-electron chi connectivity index (χ3n) is 3.44. The average molecular weight is 396 g/mol. The van der Waals surface area contributed by atoms with Gasteiger partial charge in [0.2, 0.25) is 0 Å². The van der Waals surface area contributed by atoms with Crippen LogP contribution in [0, 0.1) is 0 Å². The second-order valence-electron chi connectivity index (χ2n) is 5.54. The summed E-state index contributed by atoms with van der Waals surface area (Å²) in [7, 11) is 0. The molecular formula is C19H19Cl2NO4. The monoisotopic (exact) mass is 395 g/mol. The van der Waals surface area contributed by atoms with E-state index in [0.717, 1.165) is 6.42 Å². The first-order valence-corrected chi connectivity index (χ1v) is 8.84. The summed E-state index contributed by atoms with van der Waals surface area (Å²) in [5.74, 6) is 0.414. The van der Waals surface area contributed by atoms with E-state index in [9.17, 15) is 9.59 Å². The number of amides is 1. The zero-order valence-corrected chi connectivity index (χ0v) is 15.9. The molecule has 5 nitrogen and oxygen atoms in total. The summed E-state index contributed by atoms with van der Waals surface area (Å²) in [5, 5.41) is 3.46. The first-order valence-electron chi connectivity index (χ1n) is 8.09. The molecule has 138 valence electrons. The molecule has 1 amide bonds. The van der Waals surface area contributed by atoms with E-state index in [0.29, 0.717) is 39.9 Å². The van der Waals surface area contributed by atoms with E-state index in [-0.39, 0.29) is 5.75 Å². The van der Waals surface area contributed by atoms with Crippen molar-refractivity contribution < 1.29 is 19.1 Å². The van der Waals surface area contributed by atoms with Gasteiger partial charge in [-0.1, -0.05) is 30.1 Å². The number of carbonyl (C=O) groups is 2. The fourth-order valence-electron chi connectivity index (χ4n) is 2.10. The molecule has 0 aromatic heterocycles. The molecule has 0 radical (unpaired) electrons. The van der Waals surface area contributed by atoms with Gasteiger partial charge in [0, 0.05) is 11.1 Å². The van der Waals surface area contributed by atoms with Crippen molar-refractivity contribution in [2.24, 2.45) is 0 Å². The average Bonchev–Trinajstić information content (AvgIpc) is 2.63. The first kappa shape index (κ1) is 20.1. The minimum Gasteiger partial charge on any atom is -0.493 e. The fraction of sp³-hybridized carbons (Fsp3) is 0.263. The van der Waals surface area contributed by atoms with Crippen molar-refractivity contribution in [3.05, 3.63) is 52.0 Å². The summed E-state index contributed by atoms with van der Waals surface area (Å²) < 4.78 is 11.2. The van der Waals surface area contributed by atoms with Crippen molar-refractivity contribution in [1.82, 2.24) is 0 Å². The summed E-state index contributed by atoms with van der Waals surface area (Å²) >= 11 is 12.0. The highest BCUT2D eigenvalue weighted by Crippen LogP contribution is 2.27. The molecule has 2 rings (SSSR count). The predicted octanol–water partition coefficient (Wildman–Crippen LogP) is 5.00. The highest BCUT2D eigenvalue weighted by Gasteiger charge is 2.18. The smallest absolute Gasteiger partial charge is 0.265 e. The summed E-state index contributed by atoms with van der Waals surface area (Å²) in [6.45, 7) is 4.11. The molecule has 0 aliphatic rings. The maximum atomic E-state index is 12.4. The van der Waals surface area contributed by atoms with Gasteiger partial charge in [-0.3, -0.25) is 9.59 Å². The van der Waals surface area contributed by atoms with Gasteiger partial charge in [0.25, 0.3) is 5.91 Å². The Morgan fingerprint density at radius 3 is 2.69 bits per heavy atom. The molecule has 0 spiro atoms. The zero-order chi connectivity index (χ0) is 19.1. The number of benzene rings is 2. The number of hydrogen-bond acceptors (Lipinski definition) is 4. The van der Waals surface area contributed by atoms with E-state index in [1.165, 1.54) is 0 Å². The van der Waals surface area contributed by atoms with Crippen LogP contribution in [0.15, 0.2) is 36.4 Å². The van der Waals surface area contributed by atoms with Crippen LogP contribution in [0.2, 0.25) is 10.0 Å². The van der Waals surface area contributed by atoms with Crippen LogP contribution in [0.4, 0.5) is 5.69 Å². The molecule has 0 bridgehead atoms. The van der Waals surface area contributed by atoms with Gasteiger partial charge in [0.1, 0.15) is 11.5 Å². The van der Waals surface area contributed by atoms with Gasteiger partial charge in [-0.2, -0.15) is 0 Å². The third kappa shape index (κ3) is 5.38. The van der Waals surface area contributed by atoms with Crippen molar-refractivity contribution in [3.8, 4) is 11.5 Å². The van der Waals surface area contributed by atoms with Crippen LogP contribution in [0.25, 0.3) is 0 Å². The highest BCUT2D eigenvalue weighted by molar-refractivity contribution is 6.35. The van der Waals surface area contributed by atoms with Crippen molar-refractivity contribution >= 4 is 41.1 Å². The Bertz CT molecular complexity index is 795. The van der Waals surface area contributed by atoms with Crippen molar-refractivity contribution in [1.29, 1.82) is 0 Å². The van der Waals surface area contributed by atoms with Crippen molar-refractivity contribution in [2.45, 2.75) is 26.4 Å². The Balaban J connectivity index is 2.12. The minimum atomic E-state index is -0.870. The molecule has 7 heteroatoms. The normalized spacial score (nSPS) is 11.5. The van der Waals surface area contributed by atoms with Crippen LogP contribution in [-0.4, -0.2) is 24.9 Å². The number of halogens is 2. The molecule has 0 saturated heterocycles. The second-order valence-corrected chi connectivity index (χ2v) is 6.38. The van der Waals surface area contributed by atoms with Crippen LogP contribution >= 0.6 is 23.2 Å². The number of carbonyl (C=O) groups excluding carboxylic acids is 2. The molecule has 0 saturated carbocycles. The quantitative estimate of drug-likeness (QED) is 0.638. The Morgan fingerprint density at radius 2 is 2.00 bits per heavy atom. The number of nitrogens with one attached hydrogen (secondary N) is 1. The Hall–Kier alpha value is -2.24. The van der Waals surface area contributed by atoms with E-state index in [1.807, 2.05) is 6.92 Å². The largest absolute Gasteiger partial charge is 0.493 e. The number of hydrogen-bond donors (Lipinski definition) is 1. The lowest BCUT2D eigenvalue weighted by molar-refractivity contribution is -0.122. The molecule has 0 heterocycles. The van der Waals surface area contributed by atoms with Gasteiger partial charge < -0.3 is 14.8 Å². The van der Waals surface area contributed by atoms with Crippen LogP contribution in [0.5, 0.6) is 11.5 Å². The lowest BCUT2D eigenvalue weighted by Crippen LogP contribution is -2.30. The number of ether oxygens (including phenoxy) is 2. The maximum absolute atomic E-state index is 12.4. The number of rotatable bonds is 8. The highest BCUT2D eigenvalue weighted by atomic mass is 35.5. The maximum Gasteiger partial charge on any atom is 0.265 e. The fourth-order valence-corrected chi connectivity index (χ4v) is 2.43. The predicted molar refractivity (Wildman–Crippen MR) is 103 cm³/mol. The minimum absolute atomic E-state index is 0.272. The van der Waals surface area contributed by atoms with Gasteiger partial charge in [-0.15, -0.1) is 0 Å². The summed E-state index contributed by atoms with van der Waals surface area (Å²) in [4.78, 5) is 23.6. The van der Waals surface area contributed by atoms with Crippen molar-refractivity contribution in [3.63, 3.8) is 0 Å². The lowest BCUT2D eigenvalue weighted by atomic mass is 10.2. The van der Waals surface area contributed by atoms with Crippen LogP contribution in [0.1, 0.15) is 30.6 Å². The topological polar surface area (TPSA) is 64.6 Å². The van der Waals surface area contributed by atoms with E-state index in [2.05, 4.69) is 5.32 Å². The van der Waals surface area contributed by atoms with Crippen LogP contribution in [0.3, 0.4) is 0 Å². The molecule has 0 aliphatic carbocycles. The van der Waals surface area contributed by atoms with Gasteiger partial charge in [0.15, 0.2) is 12.4 Å². The Kier molecular flexibility index (Phi) is 7.30. The number of anilines is 1. The molecule has 2 aromatic rings. The molecule has 26 heavy (non-hydrogen) atoms. The Labute approximate surface area is 162 Å². The summed E-state index contributed by atoms with van der Waals surface area (Å²) in [6.07, 6.45) is 0.646. The summed E-state index contributed by atoms with van der Waals surface area (Å²) in [6, 6.07) is 9.62. The molecule has 0 unspecified atom stereocenters. The number of aldehydes is 1. The van der Waals surface area contributed by atoms with Gasteiger partial charge in [-0.25, -0.2) is 0 Å². The van der Waals surface area contributed by atoms with E-state index in [4.69, 9.17) is 32.7 Å². The molecule has 0 fully saturated rings. The zero-order valence-electron chi connectivity index (χ0n) is 14.4. The van der Waals surface area contributed by atoms with Gasteiger partial charge in [-0.05, 0) is 43.7 Å².